The molecule has 0 bridgehead atoms. The molecular weight excluding hydrogens is 214 g/mol. The Morgan fingerprint density at radius 1 is 1.35 bits per heavy atom. The molecule has 3 nitrogen and oxygen atoms in total. The first-order valence-electron chi connectivity index (χ1n) is 6.19. The fourth-order valence-corrected chi connectivity index (χ4v) is 2.52. The fourth-order valence-electron chi connectivity index (χ4n) is 2.52. The third-order valence-corrected chi connectivity index (χ3v) is 3.41. The highest BCUT2D eigenvalue weighted by molar-refractivity contribution is 5.69. The number of hydrogen-bond acceptors (Lipinski definition) is 2. The molecule has 1 aromatic rings. The number of carboxylic acids is 1. The Kier molecular flexibility index (Phi) is 3.79. The molecule has 0 aliphatic carbocycles. The van der Waals surface area contributed by atoms with Gasteiger partial charge in [-0.05, 0) is 31.9 Å². The molecule has 0 aromatic heterocycles. The van der Waals surface area contributed by atoms with Gasteiger partial charge in [0.2, 0.25) is 0 Å². The lowest BCUT2D eigenvalue weighted by Gasteiger charge is -2.34. The molecule has 0 radical (unpaired) electrons. The van der Waals surface area contributed by atoms with Gasteiger partial charge in [0.15, 0.2) is 0 Å². The predicted octanol–water partition coefficient (Wildman–Crippen LogP) is 2.61. The first-order chi connectivity index (χ1) is 8.16. The molecule has 0 unspecified atom stereocenters. The molecule has 1 aliphatic rings. The molecule has 1 N–H and O–H groups in total. The van der Waals surface area contributed by atoms with Crippen molar-refractivity contribution in [3.63, 3.8) is 0 Å². The summed E-state index contributed by atoms with van der Waals surface area (Å²) in [7, 11) is 0. The van der Waals surface area contributed by atoms with Gasteiger partial charge in [-0.1, -0.05) is 36.2 Å². The molecular formula is C14H19NO2. The smallest absolute Gasteiger partial charge is 0.317 e. The van der Waals surface area contributed by atoms with Crippen molar-refractivity contribution in [2.24, 2.45) is 0 Å². The minimum atomic E-state index is -0.732. The monoisotopic (exact) mass is 233 g/mol. The van der Waals surface area contributed by atoms with Crippen LogP contribution < -0.4 is 0 Å². The lowest BCUT2D eigenvalue weighted by Crippen LogP contribution is -2.37. The van der Waals surface area contributed by atoms with Crippen LogP contribution in [0.15, 0.2) is 24.3 Å². The summed E-state index contributed by atoms with van der Waals surface area (Å²) >= 11 is 0. The number of piperidine rings is 1. The number of aliphatic carboxylic acids is 1. The molecule has 0 amide bonds. The number of aryl methyl sites for hydroxylation is 1. The minimum Gasteiger partial charge on any atom is -0.480 e. The SMILES string of the molecule is Cc1ccc([C@@H]2CCCCN2CC(=O)O)cc1. The Balaban J connectivity index is 2.15. The van der Waals surface area contributed by atoms with E-state index in [1.165, 1.54) is 17.5 Å². The highest BCUT2D eigenvalue weighted by atomic mass is 16.4. The van der Waals surface area contributed by atoms with Crippen molar-refractivity contribution < 1.29 is 9.90 Å². The maximum atomic E-state index is 10.9. The second-order valence-corrected chi connectivity index (χ2v) is 4.79. The van der Waals surface area contributed by atoms with Crippen LogP contribution in [0, 0.1) is 6.92 Å². The van der Waals surface area contributed by atoms with Gasteiger partial charge in [-0.25, -0.2) is 0 Å². The summed E-state index contributed by atoms with van der Waals surface area (Å²) in [6.07, 6.45) is 3.36. The summed E-state index contributed by atoms with van der Waals surface area (Å²) < 4.78 is 0. The Hall–Kier alpha value is -1.35. The molecule has 1 aromatic carbocycles. The summed E-state index contributed by atoms with van der Waals surface area (Å²) in [5.74, 6) is -0.732. The molecule has 3 heteroatoms. The third-order valence-electron chi connectivity index (χ3n) is 3.41. The van der Waals surface area contributed by atoms with Gasteiger partial charge in [0, 0.05) is 6.04 Å². The van der Waals surface area contributed by atoms with Crippen molar-refractivity contribution in [2.45, 2.75) is 32.2 Å². The number of nitrogens with zero attached hydrogens (tertiary/aromatic N) is 1. The van der Waals surface area contributed by atoms with E-state index in [0.29, 0.717) is 0 Å². The number of hydrogen-bond donors (Lipinski definition) is 1. The zero-order valence-electron chi connectivity index (χ0n) is 10.2. The molecule has 1 atom stereocenters. The standard InChI is InChI=1S/C14H19NO2/c1-11-5-7-12(8-6-11)13-4-2-3-9-15(13)10-14(16)17/h5-8,13H,2-4,9-10H2,1H3,(H,16,17)/t13-/m0/s1. The molecule has 2 rings (SSSR count). The average molecular weight is 233 g/mol. The second-order valence-electron chi connectivity index (χ2n) is 4.79. The van der Waals surface area contributed by atoms with Crippen LogP contribution in [-0.4, -0.2) is 29.1 Å². The summed E-state index contributed by atoms with van der Waals surface area (Å²) in [5.41, 5.74) is 2.49. The van der Waals surface area contributed by atoms with Crippen molar-refractivity contribution in [2.75, 3.05) is 13.1 Å². The van der Waals surface area contributed by atoms with Gasteiger partial charge >= 0.3 is 5.97 Å². The number of carbonyl (C=O) groups is 1. The number of carboxylic acid groups (broad SMARTS) is 1. The van der Waals surface area contributed by atoms with E-state index in [1.807, 2.05) is 0 Å². The summed E-state index contributed by atoms with van der Waals surface area (Å²) in [4.78, 5) is 12.9. The minimum absolute atomic E-state index is 0.151. The van der Waals surface area contributed by atoms with E-state index < -0.39 is 5.97 Å². The fraction of sp³-hybridized carbons (Fsp3) is 0.500. The zero-order chi connectivity index (χ0) is 12.3. The molecule has 17 heavy (non-hydrogen) atoms. The van der Waals surface area contributed by atoms with E-state index in [1.54, 1.807) is 0 Å². The molecule has 92 valence electrons. The topological polar surface area (TPSA) is 40.5 Å². The van der Waals surface area contributed by atoms with Crippen molar-refractivity contribution in [3.8, 4) is 0 Å². The van der Waals surface area contributed by atoms with Crippen LogP contribution in [0.2, 0.25) is 0 Å². The van der Waals surface area contributed by atoms with Crippen molar-refractivity contribution in [1.82, 2.24) is 4.90 Å². The van der Waals surface area contributed by atoms with E-state index in [-0.39, 0.29) is 12.6 Å². The van der Waals surface area contributed by atoms with Gasteiger partial charge in [0.05, 0.1) is 6.54 Å². The molecule has 1 aliphatic heterocycles. The molecule has 1 saturated heterocycles. The van der Waals surface area contributed by atoms with E-state index in [9.17, 15) is 4.79 Å². The molecule has 1 fully saturated rings. The number of benzene rings is 1. The maximum Gasteiger partial charge on any atom is 0.317 e. The van der Waals surface area contributed by atoms with Crippen LogP contribution in [0.5, 0.6) is 0 Å². The average Bonchev–Trinajstić information content (AvgIpc) is 2.30. The Morgan fingerprint density at radius 3 is 2.71 bits per heavy atom. The Bertz CT molecular complexity index is 386. The van der Waals surface area contributed by atoms with Crippen LogP contribution in [-0.2, 0) is 4.79 Å². The van der Waals surface area contributed by atoms with Gasteiger partial charge < -0.3 is 5.11 Å². The largest absolute Gasteiger partial charge is 0.480 e. The van der Waals surface area contributed by atoms with Gasteiger partial charge in [-0.2, -0.15) is 0 Å². The van der Waals surface area contributed by atoms with E-state index in [2.05, 4.69) is 36.1 Å². The molecule has 0 spiro atoms. The molecule has 0 saturated carbocycles. The van der Waals surface area contributed by atoms with Gasteiger partial charge in [0.1, 0.15) is 0 Å². The maximum absolute atomic E-state index is 10.9. The van der Waals surface area contributed by atoms with Crippen molar-refractivity contribution in [1.29, 1.82) is 0 Å². The quantitative estimate of drug-likeness (QED) is 0.872. The highest BCUT2D eigenvalue weighted by Gasteiger charge is 2.25. The van der Waals surface area contributed by atoms with Crippen molar-refractivity contribution >= 4 is 5.97 Å². The van der Waals surface area contributed by atoms with Crippen LogP contribution in [0.3, 0.4) is 0 Å². The zero-order valence-corrected chi connectivity index (χ0v) is 10.2. The van der Waals surface area contributed by atoms with Gasteiger partial charge in [0.25, 0.3) is 0 Å². The van der Waals surface area contributed by atoms with Gasteiger partial charge in [-0.15, -0.1) is 0 Å². The summed E-state index contributed by atoms with van der Waals surface area (Å²) in [5, 5.41) is 8.93. The van der Waals surface area contributed by atoms with Gasteiger partial charge in [-0.3, -0.25) is 9.69 Å². The van der Waals surface area contributed by atoms with E-state index in [0.717, 1.165) is 19.4 Å². The van der Waals surface area contributed by atoms with Crippen molar-refractivity contribution in [3.05, 3.63) is 35.4 Å². The first-order valence-corrected chi connectivity index (χ1v) is 6.19. The van der Waals surface area contributed by atoms with Crippen LogP contribution in [0.1, 0.15) is 36.4 Å². The second kappa shape index (κ2) is 5.32. The Labute approximate surface area is 102 Å². The van der Waals surface area contributed by atoms with E-state index >= 15 is 0 Å². The first kappa shape index (κ1) is 12.1. The van der Waals surface area contributed by atoms with Crippen LogP contribution >= 0.6 is 0 Å². The van der Waals surface area contributed by atoms with E-state index in [4.69, 9.17) is 5.11 Å². The summed E-state index contributed by atoms with van der Waals surface area (Å²) in [6.45, 7) is 3.11. The lowest BCUT2D eigenvalue weighted by atomic mass is 9.94. The van der Waals surface area contributed by atoms with Crippen LogP contribution in [0.4, 0.5) is 0 Å². The number of rotatable bonds is 3. The number of likely N-dealkylation sites (tertiary alicyclic amines) is 1. The predicted molar refractivity (Wildman–Crippen MR) is 67.0 cm³/mol. The third kappa shape index (κ3) is 3.07. The Morgan fingerprint density at radius 2 is 2.06 bits per heavy atom. The summed E-state index contributed by atoms with van der Waals surface area (Å²) in [6, 6.07) is 8.73. The highest BCUT2D eigenvalue weighted by Crippen LogP contribution is 2.30. The lowest BCUT2D eigenvalue weighted by molar-refractivity contribution is -0.139. The van der Waals surface area contributed by atoms with Crippen LogP contribution in [0.25, 0.3) is 0 Å². The molecule has 1 heterocycles. The normalized spacial score (nSPS) is 21.4.